The first-order chi connectivity index (χ1) is 30.4. The van der Waals surface area contributed by atoms with Gasteiger partial charge in [0.2, 0.25) is 29.5 Å². The average Bonchev–Trinajstić information content (AvgIpc) is 3.21. The van der Waals surface area contributed by atoms with E-state index < -0.39 is 115 Å². The van der Waals surface area contributed by atoms with Gasteiger partial charge in [-0.15, -0.1) is 0 Å². The fourth-order valence-electron chi connectivity index (χ4n) is 7.62. The Morgan fingerprint density at radius 1 is 0.785 bits per heavy atom. The van der Waals surface area contributed by atoms with Gasteiger partial charge in [0.25, 0.3) is 0 Å². The van der Waals surface area contributed by atoms with Crippen molar-refractivity contribution in [2.24, 2.45) is 17.8 Å². The average molecular weight is 924 g/mol. The number of unbranched alkanes of at least 4 members (excludes halogenated alkanes) is 3. The van der Waals surface area contributed by atoms with Crippen LogP contribution in [0.5, 0.6) is 0 Å². The molecule has 6 N–H and O–H groups in total. The number of alkyl carbamates (subject to hydrolysis) is 2. The van der Waals surface area contributed by atoms with E-state index in [1.54, 1.807) is 48.5 Å². The summed E-state index contributed by atoms with van der Waals surface area (Å²) in [6.07, 6.45) is 5.78. The zero-order valence-electron chi connectivity index (χ0n) is 41.0. The topological polar surface area (TPSA) is 249 Å². The van der Waals surface area contributed by atoms with Crippen molar-refractivity contribution in [1.82, 2.24) is 36.8 Å². The van der Waals surface area contributed by atoms with Gasteiger partial charge in [0.1, 0.15) is 48.0 Å². The SMILES string of the molecule is CCCCCC[C@H]1OC(=O)CNC(=O)[C@H](COCCCNC(=O)OC(C)(C)C)NC(=O)[C@H](CNC(=O)OC(C)(C)C)NC(=O)[C@H](C2CCCCC2)NC(=O)[C@H](CC(C)C)N(C)C(=O)[C@@H]1C. The highest BCUT2D eigenvalue weighted by molar-refractivity contribution is 5.96. The fraction of sp³-hybridized carbons (Fsp3) is 0.826. The zero-order valence-corrected chi connectivity index (χ0v) is 41.0. The van der Waals surface area contributed by atoms with Gasteiger partial charge >= 0.3 is 18.2 Å². The molecule has 0 spiro atoms. The number of rotatable bonds is 16. The lowest BCUT2D eigenvalue weighted by Crippen LogP contribution is -2.62. The number of amides is 7. The van der Waals surface area contributed by atoms with Gasteiger partial charge in [-0.1, -0.05) is 66.2 Å². The van der Waals surface area contributed by atoms with Gasteiger partial charge in [-0.05, 0) is 91.9 Å². The van der Waals surface area contributed by atoms with Crippen molar-refractivity contribution in [2.45, 2.75) is 188 Å². The van der Waals surface area contributed by atoms with E-state index >= 15 is 0 Å². The molecule has 19 nitrogen and oxygen atoms in total. The van der Waals surface area contributed by atoms with E-state index in [2.05, 4.69) is 38.8 Å². The Kier molecular flexibility index (Phi) is 24.1. The molecular formula is C46H81N7O12. The van der Waals surface area contributed by atoms with Crippen LogP contribution in [0.4, 0.5) is 9.59 Å². The lowest BCUT2D eigenvalue weighted by molar-refractivity contribution is -0.157. The first kappa shape index (κ1) is 56.4. The number of carbonyl (C=O) groups is 8. The summed E-state index contributed by atoms with van der Waals surface area (Å²) < 4.78 is 22.3. The number of ether oxygens (including phenoxy) is 4. The van der Waals surface area contributed by atoms with Gasteiger partial charge in [0, 0.05) is 20.2 Å². The van der Waals surface area contributed by atoms with Gasteiger partial charge in [-0.2, -0.15) is 0 Å². The predicted octanol–water partition coefficient (Wildman–Crippen LogP) is 4.00. The number of nitrogens with one attached hydrogen (secondary N) is 6. The Balaban J connectivity index is 2.60. The molecule has 7 amide bonds. The monoisotopic (exact) mass is 924 g/mol. The van der Waals surface area contributed by atoms with Crippen LogP contribution in [-0.4, -0.2) is 134 Å². The predicted molar refractivity (Wildman–Crippen MR) is 243 cm³/mol. The third-order valence-corrected chi connectivity index (χ3v) is 11.0. The van der Waals surface area contributed by atoms with E-state index in [1.165, 1.54) is 11.9 Å². The van der Waals surface area contributed by atoms with Gasteiger partial charge in [-0.3, -0.25) is 28.8 Å². The third kappa shape index (κ3) is 21.9. The summed E-state index contributed by atoms with van der Waals surface area (Å²) in [5, 5.41) is 15.9. The highest BCUT2D eigenvalue weighted by atomic mass is 16.6. The summed E-state index contributed by atoms with van der Waals surface area (Å²) in [6.45, 7) is 16.5. The highest BCUT2D eigenvalue weighted by Crippen LogP contribution is 2.28. The Morgan fingerprint density at radius 2 is 1.40 bits per heavy atom. The molecule has 65 heavy (non-hydrogen) atoms. The largest absolute Gasteiger partial charge is 0.460 e. The molecule has 1 aliphatic heterocycles. The molecule has 372 valence electrons. The number of hydrogen-bond donors (Lipinski definition) is 6. The van der Waals surface area contributed by atoms with Crippen LogP contribution in [0.15, 0.2) is 0 Å². The molecule has 1 heterocycles. The third-order valence-electron chi connectivity index (χ3n) is 11.0. The van der Waals surface area contributed by atoms with Crippen LogP contribution in [-0.2, 0) is 47.7 Å². The van der Waals surface area contributed by atoms with Crippen LogP contribution in [0.2, 0.25) is 0 Å². The Morgan fingerprint density at radius 3 is 2.00 bits per heavy atom. The van der Waals surface area contributed by atoms with Crippen molar-refractivity contribution in [1.29, 1.82) is 0 Å². The van der Waals surface area contributed by atoms with Crippen molar-refractivity contribution < 1.29 is 57.3 Å². The second kappa shape index (κ2) is 27.7. The van der Waals surface area contributed by atoms with E-state index in [-0.39, 0.29) is 31.4 Å². The molecule has 19 heteroatoms. The summed E-state index contributed by atoms with van der Waals surface area (Å²) in [5.41, 5.74) is -1.58. The van der Waals surface area contributed by atoms with Crippen LogP contribution < -0.4 is 31.9 Å². The molecule has 0 aromatic carbocycles. The van der Waals surface area contributed by atoms with E-state index in [9.17, 15) is 38.4 Å². The number of hydrogen-bond acceptors (Lipinski definition) is 12. The number of esters is 1. The van der Waals surface area contributed by atoms with Crippen molar-refractivity contribution in [3.63, 3.8) is 0 Å². The molecule has 1 aliphatic carbocycles. The minimum atomic E-state index is -1.50. The fourth-order valence-corrected chi connectivity index (χ4v) is 7.62. The molecule has 0 aromatic heterocycles. The Labute approximate surface area is 386 Å². The molecule has 6 atom stereocenters. The van der Waals surface area contributed by atoms with Gasteiger partial charge in [0.15, 0.2) is 0 Å². The van der Waals surface area contributed by atoms with Crippen LogP contribution in [0.3, 0.4) is 0 Å². The van der Waals surface area contributed by atoms with Gasteiger partial charge in [-0.25, -0.2) is 9.59 Å². The van der Waals surface area contributed by atoms with Gasteiger partial charge < -0.3 is 55.7 Å². The number of carbonyl (C=O) groups excluding carboxylic acids is 8. The number of likely N-dealkylation sites (N-methyl/N-ethyl adjacent to an activating group) is 1. The van der Waals surface area contributed by atoms with Crippen molar-refractivity contribution >= 4 is 47.7 Å². The summed E-state index contributed by atoms with van der Waals surface area (Å²) in [6, 6.07) is -5.05. The second-order valence-corrected chi connectivity index (χ2v) is 19.7. The molecule has 2 aliphatic rings. The molecule has 2 fully saturated rings. The first-order valence-electron chi connectivity index (χ1n) is 23.6. The quantitative estimate of drug-likeness (QED) is 0.0731. The van der Waals surface area contributed by atoms with E-state index in [4.69, 9.17) is 18.9 Å². The zero-order chi connectivity index (χ0) is 48.9. The summed E-state index contributed by atoms with van der Waals surface area (Å²) in [7, 11) is 1.53. The molecular weight excluding hydrogens is 843 g/mol. The van der Waals surface area contributed by atoms with Crippen LogP contribution >= 0.6 is 0 Å². The van der Waals surface area contributed by atoms with Crippen molar-refractivity contribution in [3.05, 3.63) is 0 Å². The normalized spacial score (nSPS) is 24.0. The Bertz CT molecular complexity index is 1570. The standard InChI is InChI=1S/C46H81N7O12/c1-12-13-14-18-22-35-30(4)42(59)53(11)34(25-29(2)3)40(57)52-37(31-20-16-15-17-21-31)41(58)50-32(26-49-44(61)65-46(8,9)10)39(56)51-33(38(55)48-27-36(54)63-35)28-62-24-19-23-47-43(60)64-45(5,6)7/h29-35,37H,12-28H2,1-11H3,(H,47,60)(H,48,55)(H,49,61)(H,50,58)(H,51,56)(H,52,57)/t30-,32+,33+,34+,35-,37+/m1/s1. The number of nitrogens with zero attached hydrogens (tertiary/aromatic N) is 1. The lowest BCUT2D eigenvalue weighted by atomic mass is 9.83. The minimum absolute atomic E-state index is 0.0380. The maximum atomic E-state index is 14.5. The molecule has 0 unspecified atom stereocenters. The smallest absolute Gasteiger partial charge is 0.407 e. The molecule has 1 saturated carbocycles. The van der Waals surface area contributed by atoms with E-state index in [0.717, 1.165) is 38.5 Å². The maximum Gasteiger partial charge on any atom is 0.407 e. The highest BCUT2D eigenvalue weighted by Gasteiger charge is 2.40. The molecule has 1 saturated heterocycles. The van der Waals surface area contributed by atoms with E-state index in [1.807, 2.05) is 13.8 Å². The molecule has 0 radical (unpaired) electrons. The molecule has 2 rings (SSSR count). The molecule has 0 aromatic rings. The maximum absolute atomic E-state index is 14.5. The summed E-state index contributed by atoms with van der Waals surface area (Å²) in [4.78, 5) is 111. The molecule has 0 bridgehead atoms. The number of cyclic esters (lactones) is 1. The van der Waals surface area contributed by atoms with Crippen LogP contribution in [0, 0.1) is 17.8 Å². The van der Waals surface area contributed by atoms with Crippen molar-refractivity contribution in [3.8, 4) is 0 Å². The van der Waals surface area contributed by atoms with Gasteiger partial charge in [0.05, 0.1) is 19.1 Å². The first-order valence-corrected chi connectivity index (χ1v) is 23.6. The summed E-state index contributed by atoms with van der Waals surface area (Å²) in [5.74, 6) is -5.43. The lowest BCUT2D eigenvalue weighted by Gasteiger charge is -2.36. The van der Waals surface area contributed by atoms with Crippen molar-refractivity contribution in [2.75, 3.05) is 39.9 Å². The summed E-state index contributed by atoms with van der Waals surface area (Å²) >= 11 is 0. The minimum Gasteiger partial charge on any atom is -0.460 e. The second-order valence-electron chi connectivity index (χ2n) is 19.7. The van der Waals surface area contributed by atoms with Crippen LogP contribution in [0.1, 0.15) is 146 Å². The Hall–Kier alpha value is -4.68. The van der Waals surface area contributed by atoms with E-state index in [0.29, 0.717) is 32.1 Å². The van der Waals surface area contributed by atoms with Crippen LogP contribution in [0.25, 0.3) is 0 Å².